The first-order valence-corrected chi connectivity index (χ1v) is 10.9. The van der Waals surface area contributed by atoms with Gasteiger partial charge in [0.25, 0.3) is 0 Å². The number of benzene rings is 1. The highest BCUT2D eigenvalue weighted by molar-refractivity contribution is 14.0. The number of methoxy groups -OCH3 is 1. The maximum Gasteiger partial charge on any atom is 0.191 e. The predicted molar refractivity (Wildman–Crippen MR) is 131 cm³/mol. The van der Waals surface area contributed by atoms with Gasteiger partial charge in [0, 0.05) is 31.7 Å². The van der Waals surface area contributed by atoms with Crippen LogP contribution in [0.2, 0.25) is 0 Å². The average Bonchev–Trinajstić information content (AvgIpc) is 3.52. The SMILES string of the molecule is CCNC(=NCC1(CCO)CCCCC1)NCC1(c2ccc(OC)cc2)CC1.I. The van der Waals surface area contributed by atoms with Gasteiger partial charge in [0.05, 0.1) is 7.11 Å². The van der Waals surface area contributed by atoms with E-state index in [2.05, 4.69) is 41.8 Å². The van der Waals surface area contributed by atoms with Crippen LogP contribution in [0.5, 0.6) is 5.75 Å². The maximum absolute atomic E-state index is 9.55. The fourth-order valence-corrected chi connectivity index (χ4v) is 4.53. The lowest BCUT2D eigenvalue weighted by molar-refractivity contribution is 0.137. The van der Waals surface area contributed by atoms with Gasteiger partial charge in [-0.1, -0.05) is 31.4 Å². The highest BCUT2D eigenvalue weighted by atomic mass is 127. The van der Waals surface area contributed by atoms with Gasteiger partial charge in [0.2, 0.25) is 0 Å². The van der Waals surface area contributed by atoms with Crippen LogP contribution in [0.3, 0.4) is 0 Å². The van der Waals surface area contributed by atoms with Crippen molar-refractivity contribution in [3.63, 3.8) is 0 Å². The topological polar surface area (TPSA) is 65.9 Å². The summed E-state index contributed by atoms with van der Waals surface area (Å²) in [6, 6.07) is 8.48. The molecule has 0 aromatic heterocycles. The summed E-state index contributed by atoms with van der Waals surface area (Å²) in [5.41, 5.74) is 1.78. The lowest BCUT2D eigenvalue weighted by atomic mass is 9.72. The van der Waals surface area contributed by atoms with E-state index in [1.807, 2.05) is 0 Å². The molecule has 0 radical (unpaired) electrons. The monoisotopic (exact) mass is 515 g/mol. The van der Waals surface area contributed by atoms with Gasteiger partial charge in [-0.15, -0.1) is 24.0 Å². The fraction of sp³-hybridized carbons (Fsp3) is 0.696. The summed E-state index contributed by atoms with van der Waals surface area (Å²) >= 11 is 0. The summed E-state index contributed by atoms with van der Waals surface area (Å²) in [7, 11) is 1.71. The standard InChI is InChI=1S/C23H37N3O2.HI/c1-3-24-21(25-17-22(15-16-27)11-5-4-6-12-22)26-18-23(13-14-23)19-7-9-20(28-2)10-8-19;/h7-10,27H,3-6,11-18H2,1-2H3,(H2,24,25,26);1H. The van der Waals surface area contributed by atoms with Crippen LogP contribution in [-0.4, -0.2) is 44.4 Å². The van der Waals surface area contributed by atoms with Crippen LogP contribution in [0, 0.1) is 5.41 Å². The van der Waals surface area contributed by atoms with Crippen LogP contribution in [0.4, 0.5) is 0 Å². The van der Waals surface area contributed by atoms with Gasteiger partial charge in [0.15, 0.2) is 5.96 Å². The molecule has 0 heterocycles. The predicted octanol–water partition coefficient (Wildman–Crippen LogP) is 4.23. The van der Waals surface area contributed by atoms with E-state index < -0.39 is 0 Å². The molecule has 164 valence electrons. The van der Waals surface area contributed by atoms with Crippen molar-refractivity contribution in [1.82, 2.24) is 10.6 Å². The molecule has 2 aliphatic carbocycles. The summed E-state index contributed by atoms with van der Waals surface area (Å²) < 4.78 is 5.29. The molecule has 1 aromatic carbocycles. The Kier molecular flexibility index (Phi) is 9.53. The highest BCUT2D eigenvalue weighted by Crippen LogP contribution is 2.48. The average molecular weight is 515 g/mol. The van der Waals surface area contributed by atoms with E-state index in [0.717, 1.165) is 37.8 Å². The minimum absolute atomic E-state index is 0. The zero-order valence-electron chi connectivity index (χ0n) is 18.0. The van der Waals surface area contributed by atoms with Gasteiger partial charge >= 0.3 is 0 Å². The van der Waals surface area contributed by atoms with Crippen molar-refractivity contribution < 1.29 is 9.84 Å². The molecule has 2 saturated carbocycles. The molecule has 0 aliphatic heterocycles. The Bertz CT molecular complexity index is 633. The molecule has 2 aliphatic rings. The molecule has 5 nitrogen and oxygen atoms in total. The van der Waals surface area contributed by atoms with E-state index in [0.29, 0.717) is 0 Å². The molecule has 1 aromatic rings. The van der Waals surface area contributed by atoms with Crippen molar-refractivity contribution in [3.8, 4) is 5.75 Å². The van der Waals surface area contributed by atoms with Gasteiger partial charge in [-0.3, -0.25) is 4.99 Å². The summed E-state index contributed by atoms with van der Waals surface area (Å²) in [6.07, 6.45) is 9.50. The molecule has 6 heteroatoms. The van der Waals surface area contributed by atoms with Crippen molar-refractivity contribution in [2.75, 3.05) is 33.4 Å². The maximum atomic E-state index is 9.55. The van der Waals surface area contributed by atoms with E-state index in [1.54, 1.807) is 7.11 Å². The normalized spacial score (nSPS) is 19.8. The zero-order chi connectivity index (χ0) is 19.9. The lowest BCUT2D eigenvalue weighted by Crippen LogP contribution is -2.42. The third-order valence-corrected chi connectivity index (χ3v) is 6.62. The first-order valence-electron chi connectivity index (χ1n) is 10.9. The van der Waals surface area contributed by atoms with Crippen molar-refractivity contribution >= 4 is 29.9 Å². The Morgan fingerprint density at radius 3 is 2.31 bits per heavy atom. The van der Waals surface area contributed by atoms with Gasteiger partial charge in [-0.05, 0) is 62.1 Å². The number of nitrogens with zero attached hydrogens (tertiary/aromatic N) is 1. The summed E-state index contributed by atoms with van der Waals surface area (Å²) in [4.78, 5) is 4.94. The van der Waals surface area contributed by atoms with Crippen molar-refractivity contribution in [2.45, 2.75) is 63.7 Å². The number of halogens is 1. The second-order valence-electron chi connectivity index (χ2n) is 8.59. The number of hydrogen-bond donors (Lipinski definition) is 3. The number of guanidine groups is 1. The number of nitrogens with one attached hydrogen (secondary N) is 2. The third kappa shape index (κ3) is 6.48. The number of aliphatic imine (C=N–C) groups is 1. The van der Waals surface area contributed by atoms with Crippen molar-refractivity contribution in [3.05, 3.63) is 29.8 Å². The molecular weight excluding hydrogens is 477 g/mol. The molecule has 0 amide bonds. The molecular formula is C23H38IN3O2. The molecule has 0 unspecified atom stereocenters. The largest absolute Gasteiger partial charge is 0.497 e. The Morgan fingerprint density at radius 2 is 1.76 bits per heavy atom. The Morgan fingerprint density at radius 1 is 1.07 bits per heavy atom. The number of rotatable bonds is 9. The van der Waals surface area contributed by atoms with Gasteiger partial charge < -0.3 is 20.5 Å². The Hall–Kier alpha value is -1.02. The molecule has 2 fully saturated rings. The van der Waals surface area contributed by atoms with E-state index in [9.17, 15) is 5.11 Å². The van der Waals surface area contributed by atoms with E-state index >= 15 is 0 Å². The van der Waals surface area contributed by atoms with Crippen LogP contribution in [-0.2, 0) is 5.41 Å². The number of aliphatic hydroxyl groups excluding tert-OH is 1. The molecule has 3 N–H and O–H groups in total. The first-order chi connectivity index (χ1) is 13.7. The van der Waals surface area contributed by atoms with Crippen LogP contribution in [0.1, 0.15) is 63.9 Å². The molecule has 0 bridgehead atoms. The van der Waals surface area contributed by atoms with Crippen LogP contribution >= 0.6 is 24.0 Å². The van der Waals surface area contributed by atoms with Crippen molar-refractivity contribution in [1.29, 1.82) is 0 Å². The Balaban J connectivity index is 0.00000300. The summed E-state index contributed by atoms with van der Waals surface area (Å²) in [6.45, 7) is 4.93. The van der Waals surface area contributed by atoms with Crippen LogP contribution in [0.15, 0.2) is 29.3 Å². The second kappa shape index (κ2) is 11.4. The minimum atomic E-state index is 0. The van der Waals surface area contributed by atoms with Gasteiger partial charge in [0.1, 0.15) is 5.75 Å². The lowest BCUT2D eigenvalue weighted by Gasteiger charge is -2.35. The number of hydrogen-bond acceptors (Lipinski definition) is 3. The Labute approximate surface area is 193 Å². The molecule has 0 atom stereocenters. The number of aliphatic hydroxyl groups is 1. The van der Waals surface area contributed by atoms with Crippen LogP contribution < -0.4 is 15.4 Å². The molecule has 0 saturated heterocycles. The quantitative estimate of drug-likeness (QED) is 0.262. The minimum Gasteiger partial charge on any atom is -0.497 e. The smallest absolute Gasteiger partial charge is 0.191 e. The van der Waals surface area contributed by atoms with Gasteiger partial charge in [-0.25, -0.2) is 0 Å². The van der Waals surface area contributed by atoms with Crippen LogP contribution in [0.25, 0.3) is 0 Å². The van der Waals surface area contributed by atoms with E-state index in [4.69, 9.17) is 9.73 Å². The molecule has 0 spiro atoms. The summed E-state index contributed by atoms with van der Waals surface area (Å²) in [5.74, 6) is 1.81. The zero-order valence-corrected chi connectivity index (χ0v) is 20.3. The third-order valence-electron chi connectivity index (χ3n) is 6.62. The first kappa shape index (κ1) is 24.3. The van der Waals surface area contributed by atoms with E-state index in [1.165, 1.54) is 50.5 Å². The highest BCUT2D eigenvalue weighted by Gasteiger charge is 2.44. The fourth-order valence-electron chi connectivity index (χ4n) is 4.53. The van der Waals surface area contributed by atoms with Crippen molar-refractivity contribution in [2.24, 2.45) is 10.4 Å². The van der Waals surface area contributed by atoms with Gasteiger partial charge in [-0.2, -0.15) is 0 Å². The number of ether oxygens (including phenoxy) is 1. The molecule has 29 heavy (non-hydrogen) atoms. The second-order valence-corrected chi connectivity index (χ2v) is 8.59. The van der Waals surface area contributed by atoms with E-state index in [-0.39, 0.29) is 41.4 Å². The molecule has 3 rings (SSSR count). The summed E-state index contributed by atoms with van der Waals surface area (Å²) in [5, 5.41) is 16.5.